The summed E-state index contributed by atoms with van der Waals surface area (Å²) < 4.78 is 16.2. The van der Waals surface area contributed by atoms with E-state index in [9.17, 15) is 4.79 Å². The lowest BCUT2D eigenvalue weighted by atomic mass is 10.1. The molecule has 146 valence electrons. The molecule has 0 saturated carbocycles. The number of aromatic nitrogens is 2. The van der Waals surface area contributed by atoms with E-state index in [-0.39, 0.29) is 19.1 Å². The fraction of sp³-hybridized carbons (Fsp3) is 0.286. The fourth-order valence-corrected chi connectivity index (χ4v) is 2.65. The van der Waals surface area contributed by atoms with E-state index in [0.29, 0.717) is 29.8 Å². The van der Waals surface area contributed by atoms with Gasteiger partial charge in [0.2, 0.25) is 11.7 Å². The standard InChI is InChI=1S/C21H23N3O4/c1-4-24(20(25)14-27-18-8-6-5-7-17(18)26-3)13-19-22-21(23-28-19)16-11-9-15(2)10-12-16/h5-12H,4,13-14H2,1-3H3. The Balaban J connectivity index is 1.62. The number of rotatable bonds is 8. The van der Waals surface area contributed by atoms with Gasteiger partial charge >= 0.3 is 0 Å². The molecule has 0 saturated heterocycles. The smallest absolute Gasteiger partial charge is 0.260 e. The quantitative estimate of drug-likeness (QED) is 0.594. The number of nitrogens with zero attached hydrogens (tertiary/aromatic N) is 3. The highest BCUT2D eigenvalue weighted by Gasteiger charge is 2.18. The minimum atomic E-state index is -0.177. The highest BCUT2D eigenvalue weighted by molar-refractivity contribution is 5.77. The first-order valence-electron chi connectivity index (χ1n) is 9.04. The summed E-state index contributed by atoms with van der Waals surface area (Å²) in [6.45, 7) is 4.52. The number of hydrogen-bond donors (Lipinski definition) is 0. The van der Waals surface area contributed by atoms with Gasteiger partial charge in [0.25, 0.3) is 5.91 Å². The lowest BCUT2D eigenvalue weighted by Crippen LogP contribution is -2.34. The van der Waals surface area contributed by atoms with E-state index in [1.54, 1.807) is 24.1 Å². The Morgan fingerprint density at radius 1 is 1.11 bits per heavy atom. The van der Waals surface area contributed by atoms with Crippen LogP contribution in [-0.4, -0.2) is 41.2 Å². The third-order valence-corrected chi connectivity index (χ3v) is 4.26. The Labute approximate surface area is 163 Å². The van der Waals surface area contributed by atoms with Crippen LogP contribution in [0.2, 0.25) is 0 Å². The van der Waals surface area contributed by atoms with Crippen molar-refractivity contribution in [1.29, 1.82) is 0 Å². The second kappa shape index (κ2) is 9.03. The number of amides is 1. The van der Waals surface area contributed by atoms with Crippen LogP contribution < -0.4 is 9.47 Å². The predicted molar refractivity (Wildman–Crippen MR) is 104 cm³/mol. The number of ether oxygens (including phenoxy) is 2. The molecule has 0 spiro atoms. The molecule has 0 unspecified atom stereocenters. The first-order chi connectivity index (χ1) is 13.6. The Bertz CT molecular complexity index is 921. The largest absolute Gasteiger partial charge is 0.493 e. The molecule has 28 heavy (non-hydrogen) atoms. The first kappa shape index (κ1) is 19.4. The molecule has 3 rings (SSSR count). The summed E-state index contributed by atoms with van der Waals surface area (Å²) in [4.78, 5) is 18.5. The number of carbonyl (C=O) groups excluding carboxylic acids is 1. The lowest BCUT2D eigenvalue weighted by Gasteiger charge is -2.19. The highest BCUT2D eigenvalue weighted by atomic mass is 16.5. The maximum atomic E-state index is 12.5. The van der Waals surface area contributed by atoms with Crippen molar-refractivity contribution in [3.63, 3.8) is 0 Å². The molecule has 7 nitrogen and oxygen atoms in total. The molecule has 1 heterocycles. The Morgan fingerprint density at radius 3 is 2.50 bits per heavy atom. The zero-order valence-electron chi connectivity index (χ0n) is 16.2. The molecular weight excluding hydrogens is 358 g/mol. The predicted octanol–water partition coefficient (Wildman–Crippen LogP) is 3.48. The van der Waals surface area contributed by atoms with E-state index in [2.05, 4.69) is 10.1 Å². The Hall–Kier alpha value is -3.35. The van der Waals surface area contributed by atoms with Crippen LogP contribution in [0.5, 0.6) is 11.5 Å². The summed E-state index contributed by atoms with van der Waals surface area (Å²) in [5, 5.41) is 4.01. The van der Waals surface area contributed by atoms with Crippen molar-refractivity contribution >= 4 is 5.91 Å². The van der Waals surface area contributed by atoms with Crippen LogP contribution in [-0.2, 0) is 11.3 Å². The SMILES string of the molecule is CCN(Cc1nc(-c2ccc(C)cc2)no1)C(=O)COc1ccccc1OC. The highest BCUT2D eigenvalue weighted by Crippen LogP contribution is 2.25. The van der Waals surface area contributed by atoms with Gasteiger partial charge in [0.1, 0.15) is 6.54 Å². The van der Waals surface area contributed by atoms with Crippen molar-refractivity contribution in [3.05, 3.63) is 60.0 Å². The van der Waals surface area contributed by atoms with Crippen LogP contribution in [0.15, 0.2) is 53.1 Å². The van der Waals surface area contributed by atoms with Crippen molar-refractivity contribution in [2.24, 2.45) is 0 Å². The van der Waals surface area contributed by atoms with Crippen LogP contribution in [0, 0.1) is 6.92 Å². The molecule has 0 aliphatic rings. The van der Waals surface area contributed by atoms with Gasteiger partial charge in [-0.25, -0.2) is 0 Å². The maximum absolute atomic E-state index is 12.5. The van der Waals surface area contributed by atoms with Crippen LogP contribution in [0.4, 0.5) is 0 Å². The van der Waals surface area contributed by atoms with Crippen molar-refractivity contribution < 1.29 is 18.8 Å². The lowest BCUT2D eigenvalue weighted by molar-refractivity contribution is -0.134. The number of para-hydroxylation sites is 2. The van der Waals surface area contributed by atoms with E-state index in [1.165, 1.54) is 0 Å². The zero-order chi connectivity index (χ0) is 19.9. The van der Waals surface area contributed by atoms with Gasteiger partial charge in [-0.1, -0.05) is 47.1 Å². The van der Waals surface area contributed by atoms with Gasteiger partial charge in [0.05, 0.1) is 7.11 Å². The molecule has 2 aromatic carbocycles. The molecule has 1 amide bonds. The minimum absolute atomic E-state index is 0.104. The van der Waals surface area contributed by atoms with E-state index in [0.717, 1.165) is 11.1 Å². The molecule has 3 aromatic rings. The Kier molecular flexibility index (Phi) is 6.26. The zero-order valence-corrected chi connectivity index (χ0v) is 16.2. The summed E-state index contributed by atoms with van der Waals surface area (Å²) >= 11 is 0. The molecule has 1 aromatic heterocycles. The molecule has 0 bridgehead atoms. The molecule has 0 aliphatic heterocycles. The molecule has 0 atom stereocenters. The van der Waals surface area contributed by atoms with Crippen molar-refractivity contribution in [2.75, 3.05) is 20.3 Å². The van der Waals surface area contributed by atoms with E-state index < -0.39 is 0 Å². The molecule has 0 radical (unpaired) electrons. The van der Waals surface area contributed by atoms with Crippen LogP contribution in [0.1, 0.15) is 18.4 Å². The summed E-state index contributed by atoms with van der Waals surface area (Å²) in [5.74, 6) is 1.81. The molecule has 0 aliphatic carbocycles. The number of likely N-dealkylation sites (N-methyl/N-ethyl adjacent to an activating group) is 1. The summed E-state index contributed by atoms with van der Waals surface area (Å²) in [5.41, 5.74) is 2.03. The Morgan fingerprint density at radius 2 is 1.82 bits per heavy atom. The average molecular weight is 381 g/mol. The maximum Gasteiger partial charge on any atom is 0.260 e. The second-order valence-corrected chi connectivity index (χ2v) is 6.23. The summed E-state index contributed by atoms with van der Waals surface area (Å²) in [6.07, 6.45) is 0. The van der Waals surface area contributed by atoms with E-state index in [1.807, 2.05) is 50.2 Å². The van der Waals surface area contributed by atoms with Gasteiger partial charge in [-0.05, 0) is 26.0 Å². The third kappa shape index (κ3) is 4.68. The molecule has 7 heteroatoms. The van der Waals surface area contributed by atoms with Crippen molar-refractivity contribution in [1.82, 2.24) is 15.0 Å². The molecule has 0 N–H and O–H groups in total. The van der Waals surface area contributed by atoms with E-state index >= 15 is 0 Å². The van der Waals surface area contributed by atoms with Crippen molar-refractivity contribution in [3.8, 4) is 22.9 Å². The normalized spacial score (nSPS) is 10.5. The second-order valence-electron chi connectivity index (χ2n) is 6.23. The average Bonchev–Trinajstić information content (AvgIpc) is 3.19. The number of hydrogen-bond acceptors (Lipinski definition) is 6. The van der Waals surface area contributed by atoms with Crippen LogP contribution in [0.25, 0.3) is 11.4 Å². The molecular formula is C21H23N3O4. The van der Waals surface area contributed by atoms with Gasteiger partial charge in [-0.3, -0.25) is 4.79 Å². The van der Waals surface area contributed by atoms with Crippen LogP contribution >= 0.6 is 0 Å². The number of benzene rings is 2. The minimum Gasteiger partial charge on any atom is -0.493 e. The number of methoxy groups -OCH3 is 1. The van der Waals surface area contributed by atoms with Crippen molar-refractivity contribution in [2.45, 2.75) is 20.4 Å². The number of aryl methyl sites for hydroxylation is 1. The van der Waals surface area contributed by atoms with Gasteiger partial charge in [-0.15, -0.1) is 0 Å². The van der Waals surface area contributed by atoms with Crippen LogP contribution in [0.3, 0.4) is 0 Å². The molecule has 0 fully saturated rings. The summed E-state index contributed by atoms with van der Waals surface area (Å²) in [7, 11) is 1.56. The monoisotopic (exact) mass is 381 g/mol. The third-order valence-electron chi connectivity index (χ3n) is 4.26. The van der Waals surface area contributed by atoms with E-state index in [4.69, 9.17) is 14.0 Å². The van der Waals surface area contributed by atoms with Gasteiger partial charge in [0.15, 0.2) is 18.1 Å². The fourth-order valence-electron chi connectivity index (χ4n) is 2.65. The first-order valence-corrected chi connectivity index (χ1v) is 9.04. The van der Waals surface area contributed by atoms with Gasteiger partial charge in [0, 0.05) is 12.1 Å². The van der Waals surface area contributed by atoms with Gasteiger partial charge < -0.3 is 18.9 Å². The number of carbonyl (C=O) groups is 1. The summed E-state index contributed by atoms with van der Waals surface area (Å²) in [6, 6.07) is 15.1. The topological polar surface area (TPSA) is 77.7 Å². The van der Waals surface area contributed by atoms with Gasteiger partial charge in [-0.2, -0.15) is 4.98 Å².